The topological polar surface area (TPSA) is 57.8 Å². The molecule has 0 aliphatic rings. The second-order valence-corrected chi connectivity index (χ2v) is 4.38. The fourth-order valence-corrected chi connectivity index (χ4v) is 0.900. The van der Waals surface area contributed by atoms with E-state index in [0.29, 0.717) is 5.82 Å². The minimum Gasteiger partial charge on any atom is -0.359 e. The summed E-state index contributed by atoms with van der Waals surface area (Å²) < 4.78 is 0. The number of aromatic amines is 1. The summed E-state index contributed by atoms with van der Waals surface area (Å²) in [5.41, 5.74) is -0.610. The van der Waals surface area contributed by atoms with Crippen molar-refractivity contribution in [1.29, 1.82) is 0 Å². The third-order valence-corrected chi connectivity index (χ3v) is 2.69. The zero-order valence-corrected chi connectivity index (χ0v) is 9.22. The van der Waals surface area contributed by atoms with Crippen molar-refractivity contribution in [3.8, 4) is 0 Å². The molecular weight excluding hydrogens is 202 g/mol. The van der Waals surface area contributed by atoms with Crippen LogP contribution in [0.3, 0.4) is 0 Å². The highest BCUT2D eigenvalue weighted by atomic mass is 35.5. The molecule has 0 aliphatic carbocycles. The molecule has 1 atom stereocenters. The zero-order valence-electron chi connectivity index (χ0n) is 8.47. The van der Waals surface area contributed by atoms with E-state index < -0.39 is 0 Å². The molecular formula is C9H14ClN3O. The molecule has 1 aromatic rings. The van der Waals surface area contributed by atoms with Crippen LogP contribution in [0.15, 0.2) is 17.2 Å². The monoisotopic (exact) mass is 215 g/mol. The lowest BCUT2D eigenvalue weighted by molar-refractivity contribution is 0.551. The minimum atomic E-state index is -0.372. The van der Waals surface area contributed by atoms with Crippen LogP contribution in [-0.4, -0.2) is 20.9 Å². The Balaban J connectivity index is 2.89. The van der Waals surface area contributed by atoms with Gasteiger partial charge in [-0.3, -0.25) is 4.79 Å². The molecule has 0 radical (unpaired) electrons. The molecule has 1 aromatic heterocycles. The number of nitrogens with zero attached hydrogens (tertiary/aromatic N) is 1. The first kappa shape index (κ1) is 11.0. The average molecular weight is 216 g/mol. The molecule has 0 spiro atoms. The molecule has 0 fully saturated rings. The van der Waals surface area contributed by atoms with Gasteiger partial charge in [-0.15, -0.1) is 11.6 Å². The van der Waals surface area contributed by atoms with E-state index in [1.54, 1.807) is 0 Å². The van der Waals surface area contributed by atoms with Gasteiger partial charge in [0.15, 0.2) is 5.82 Å². The van der Waals surface area contributed by atoms with Crippen molar-refractivity contribution in [2.45, 2.75) is 31.7 Å². The Morgan fingerprint density at radius 1 is 1.64 bits per heavy atom. The SMILES string of the molecule is CC(Cl)C(C)(C)Nc1ncc[nH]c1=O. The number of halogens is 1. The summed E-state index contributed by atoms with van der Waals surface area (Å²) in [7, 11) is 0. The largest absolute Gasteiger partial charge is 0.359 e. The van der Waals surface area contributed by atoms with Crippen LogP contribution in [-0.2, 0) is 0 Å². The number of rotatable bonds is 3. The summed E-state index contributed by atoms with van der Waals surface area (Å²) in [6, 6.07) is 0. The van der Waals surface area contributed by atoms with E-state index in [2.05, 4.69) is 15.3 Å². The van der Waals surface area contributed by atoms with Crippen LogP contribution in [0, 0.1) is 0 Å². The van der Waals surface area contributed by atoms with Gasteiger partial charge >= 0.3 is 0 Å². The van der Waals surface area contributed by atoms with Gasteiger partial charge in [-0.25, -0.2) is 4.98 Å². The van der Waals surface area contributed by atoms with Gasteiger partial charge < -0.3 is 10.3 Å². The summed E-state index contributed by atoms with van der Waals surface area (Å²) >= 11 is 5.97. The summed E-state index contributed by atoms with van der Waals surface area (Å²) in [6.45, 7) is 5.70. The molecule has 78 valence electrons. The number of alkyl halides is 1. The molecule has 0 aliphatic heterocycles. The van der Waals surface area contributed by atoms with Crippen molar-refractivity contribution in [3.63, 3.8) is 0 Å². The van der Waals surface area contributed by atoms with E-state index in [1.807, 2.05) is 20.8 Å². The second kappa shape index (κ2) is 4.00. The van der Waals surface area contributed by atoms with E-state index in [-0.39, 0.29) is 16.5 Å². The molecule has 0 saturated carbocycles. The van der Waals surface area contributed by atoms with Crippen LogP contribution in [0.2, 0.25) is 0 Å². The van der Waals surface area contributed by atoms with Gasteiger partial charge in [0, 0.05) is 17.9 Å². The molecule has 1 unspecified atom stereocenters. The summed E-state index contributed by atoms with van der Waals surface area (Å²) in [4.78, 5) is 17.8. The van der Waals surface area contributed by atoms with Gasteiger partial charge in [-0.05, 0) is 20.8 Å². The number of hydrogen-bond donors (Lipinski definition) is 2. The Kier molecular flexibility index (Phi) is 3.16. The number of H-pyrrole nitrogens is 1. The normalized spacial score (nSPS) is 13.7. The first-order valence-electron chi connectivity index (χ1n) is 4.39. The van der Waals surface area contributed by atoms with Crippen LogP contribution < -0.4 is 10.9 Å². The maximum Gasteiger partial charge on any atom is 0.290 e. The lowest BCUT2D eigenvalue weighted by Crippen LogP contribution is -2.41. The fourth-order valence-electron chi connectivity index (χ4n) is 0.845. The molecule has 1 heterocycles. The Bertz CT molecular complexity index is 359. The van der Waals surface area contributed by atoms with Crippen molar-refractivity contribution in [1.82, 2.24) is 9.97 Å². The highest BCUT2D eigenvalue weighted by Gasteiger charge is 2.24. The smallest absolute Gasteiger partial charge is 0.290 e. The molecule has 1 rings (SSSR count). The van der Waals surface area contributed by atoms with Crippen LogP contribution in [0.1, 0.15) is 20.8 Å². The lowest BCUT2D eigenvalue weighted by Gasteiger charge is -2.28. The standard InChI is InChI=1S/C9H14ClN3O/c1-6(10)9(2,3)13-7-8(14)12-5-4-11-7/h4-6H,1-3H3,(H,11,13)(H,12,14). The van der Waals surface area contributed by atoms with E-state index in [0.717, 1.165) is 0 Å². The van der Waals surface area contributed by atoms with Crippen LogP contribution in [0.25, 0.3) is 0 Å². The predicted octanol–water partition coefficient (Wildman–Crippen LogP) is 1.59. The molecule has 0 amide bonds. The predicted molar refractivity (Wildman–Crippen MR) is 57.9 cm³/mol. The summed E-state index contributed by atoms with van der Waals surface area (Å²) in [6.07, 6.45) is 3.02. The Morgan fingerprint density at radius 3 is 2.79 bits per heavy atom. The molecule has 0 bridgehead atoms. The van der Waals surface area contributed by atoms with Crippen molar-refractivity contribution in [2.75, 3.05) is 5.32 Å². The fraction of sp³-hybridized carbons (Fsp3) is 0.556. The van der Waals surface area contributed by atoms with Gasteiger partial charge in [0.25, 0.3) is 5.56 Å². The van der Waals surface area contributed by atoms with Crippen molar-refractivity contribution >= 4 is 17.4 Å². The van der Waals surface area contributed by atoms with E-state index in [4.69, 9.17) is 11.6 Å². The van der Waals surface area contributed by atoms with Crippen molar-refractivity contribution in [3.05, 3.63) is 22.7 Å². The van der Waals surface area contributed by atoms with Gasteiger partial charge in [0.2, 0.25) is 0 Å². The highest BCUT2D eigenvalue weighted by Crippen LogP contribution is 2.18. The van der Waals surface area contributed by atoms with E-state index >= 15 is 0 Å². The molecule has 2 N–H and O–H groups in total. The van der Waals surface area contributed by atoms with E-state index in [1.165, 1.54) is 12.4 Å². The lowest BCUT2D eigenvalue weighted by atomic mass is 10.0. The Morgan fingerprint density at radius 2 is 2.29 bits per heavy atom. The number of nitrogens with one attached hydrogen (secondary N) is 2. The number of hydrogen-bond acceptors (Lipinski definition) is 3. The molecule has 5 heteroatoms. The summed E-state index contributed by atoms with van der Waals surface area (Å²) in [5, 5.41) is 2.89. The highest BCUT2D eigenvalue weighted by molar-refractivity contribution is 6.21. The van der Waals surface area contributed by atoms with Gasteiger partial charge in [0.05, 0.1) is 5.38 Å². The third-order valence-electron chi connectivity index (χ3n) is 2.14. The zero-order chi connectivity index (χ0) is 10.8. The average Bonchev–Trinajstić information content (AvgIpc) is 2.08. The summed E-state index contributed by atoms with van der Waals surface area (Å²) in [5.74, 6) is 0.296. The first-order valence-corrected chi connectivity index (χ1v) is 4.83. The quantitative estimate of drug-likeness (QED) is 0.753. The van der Waals surface area contributed by atoms with Crippen LogP contribution in [0.5, 0.6) is 0 Å². The maximum atomic E-state index is 11.3. The maximum absolute atomic E-state index is 11.3. The van der Waals surface area contributed by atoms with Gasteiger partial charge in [0.1, 0.15) is 0 Å². The van der Waals surface area contributed by atoms with Crippen molar-refractivity contribution < 1.29 is 0 Å². The first-order chi connectivity index (χ1) is 6.43. The molecule has 0 aromatic carbocycles. The van der Waals surface area contributed by atoms with Gasteiger partial charge in [-0.1, -0.05) is 0 Å². The molecule has 0 saturated heterocycles. The van der Waals surface area contributed by atoms with E-state index in [9.17, 15) is 4.79 Å². The minimum absolute atomic E-state index is 0.107. The second-order valence-electron chi connectivity index (χ2n) is 3.73. The van der Waals surface area contributed by atoms with Gasteiger partial charge in [-0.2, -0.15) is 0 Å². The number of anilines is 1. The van der Waals surface area contributed by atoms with Crippen LogP contribution >= 0.6 is 11.6 Å². The van der Waals surface area contributed by atoms with Crippen LogP contribution in [0.4, 0.5) is 5.82 Å². The van der Waals surface area contributed by atoms with Crippen molar-refractivity contribution in [2.24, 2.45) is 0 Å². The Hall–Kier alpha value is -1.03. The Labute approximate surface area is 87.7 Å². The molecule has 4 nitrogen and oxygen atoms in total. The third kappa shape index (κ3) is 2.48. The molecule has 14 heavy (non-hydrogen) atoms. The number of aromatic nitrogens is 2.